The predicted molar refractivity (Wildman–Crippen MR) is 116 cm³/mol. The van der Waals surface area contributed by atoms with Crippen LogP contribution in [0.15, 0.2) is 41.3 Å². The van der Waals surface area contributed by atoms with Gasteiger partial charge in [-0.1, -0.05) is 23.2 Å². The largest absolute Gasteiger partial charge is 0.483 e. The van der Waals surface area contributed by atoms with Gasteiger partial charge >= 0.3 is 6.18 Å². The van der Waals surface area contributed by atoms with Gasteiger partial charge in [0, 0.05) is 38.1 Å². The molecule has 0 aliphatic carbocycles. The number of hydrogen-bond donors (Lipinski definition) is 0. The number of rotatable bonds is 5. The van der Waals surface area contributed by atoms with Crippen LogP contribution in [-0.2, 0) is 9.84 Å². The fraction of sp³-hybridized carbons (Fsp3) is 0.350. The molecule has 3 rings (SSSR count). The van der Waals surface area contributed by atoms with E-state index < -0.39 is 28.5 Å². The minimum absolute atomic E-state index is 0.186. The normalized spacial score (nSPS) is 15.1. The molecule has 12 heteroatoms. The van der Waals surface area contributed by atoms with Crippen molar-refractivity contribution in [3.05, 3.63) is 52.0 Å². The summed E-state index contributed by atoms with van der Waals surface area (Å²) in [4.78, 5) is 16.3. The van der Waals surface area contributed by atoms with E-state index in [1.165, 1.54) is 4.90 Å². The van der Waals surface area contributed by atoms with Gasteiger partial charge in [-0.25, -0.2) is 8.42 Å². The van der Waals surface area contributed by atoms with Gasteiger partial charge in [-0.15, -0.1) is 0 Å². The van der Waals surface area contributed by atoms with Crippen LogP contribution in [0.2, 0.25) is 10.0 Å². The lowest BCUT2D eigenvalue weighted by molar-refractivity contribution is -0.153. The summed E-state index contributed by atoms with van der Waals surface area (Å²) in [5.74, 6) is -0.937. The molecule has 2 aromatic rings. The number of sulfone groups is 1. The fourth-order valence-corrected chi connectivity index (χ4v) is 4.15. The molecule has 174 valence electrons. The van der Waals surface area contributed by atoms with E-state index in [0.29, 0.717) is 23.1 Å². The zero-order chi connectivity index (χ0) is 23.7. The van der Waals surface area contributed by atoms with Crippen molar-refractivity contribution < 1.29 is 31.1 Å². The first-order valence-corrected chi connectivity index (χ1v) is 12.0. The predicted octanol–water partition coefficient (Wildman–Crippen LogP) is 4.30. The van der Waals surface area contributed by atoms with Gasteiger partial charge in [-0.05, 0) is 36.4 Å². The van der Waals surface area contributed by atoms with Gasteiger partial charge in [-0.3, -0.25) is 4.79 Å². The maximum atomic E-state index is 13.1. The Hall–Kier alpha value is -2.17. The Morgan fingerprint density at radius 2 is 1.69 bits per heavy atom. The minimum atomic E-state index is -4.61. The first-order chi connectivity index (χ1) is 14.8. The van der Waals surface area contributed by atoms with E-state index in [1.807, 2.05) is 4.90 Å². The quantitative estimate of drug-likeness (QED) is 0.599. The molecule has 0 bridgehead atoms. The van der Waals surface area contributed by atoms with Crippen LogP contribution in [-0.4, -0.2) is 64.4 Å². The van der Waals surface area contributed by atoms with E-state index in [-0.39, 0.29) is 29.3 Å². The van der Waals surface area contributed by atoms with Crippen molar-refractivity contribution in [1.82, 2.24) is 4.90 Å². The van der Waals surface area contributed by atoms with Crippen molar-refractivity contribution >= 4 is 44.6 Å². The van der Waals surface area contributed by atoms with Crippen LogP contribution in [0.5, 0.6) is 5.75 Å². The lowest BCUT2D eigenvalue weighted by Crippen LogP contribution is -2.48. The third-order valence-electron chi connectivity index (χ3n) is 4.84. The van der Waals surface area contributed by atoms with E-state index in [2.05, 4.69) is 0 Å². The van der Waals surface area contributed by atoms with Crippen molar-refractivity contribution in [1.29, 1.82) is 0 Å². The van der Waals surface area contributed by atoms with Crippen molar-refractivity contribution in [2.24, 2.45) is 0 Å². The number of anilines is 1. The Labute approximate surface area is 193 Å². The van der Waals surface area contributed by atoms with Gasteiger partial charge < -0.3 is 14.5 Å². The minimum Gasteiger partial charge on any atom is -0.483 e. The molecule has 1 aliphatic rings. The second kappa shape index (κ2) is 9.36. The number of nitrogens with zero attached hydrogens (tertiary/aromatic N) is 2. The average Bonchev–Trinajstić information content (AvgIpc) is 2.72. The molecular formula is C20H19Cl2F3N2O4S. The Kier molecular flexibility index (Phi) is 7.16. The third-order valence-corrected chi connectivity index (χ3v) is 6.69. The number of carbonyl (C=O) groups excluding carboxylic acids is 1. The summed E-state index contributed by atoms with van der Waals surface area (Å²) >= 11 is 12.0. The van der Waals surface area contributed by atoms with Crippen LogP contribution >= 0.6 is 23.2 Å². The lowest BCUT2D eigenvalue weighted by atomic mass is 10.1. The van der Waals surface area contributed by atoms with Crippen molar-refractivity contribution in [2.75, 3.05) is 43.9 Å². The number of amides is 1. The monoisotopic (exact) mass is 510 g/mol. The molecule has 0 N–H and O–H groups in total. The Morgan fingerprint density at radius 1 is 1.03 bits per heavy atom. The van der Waals surface area contributed by atoms with Gasteiger partial charge in [0.25, 0.3) is 5.91 Å². The molecule has 0 radical (unpaired) electrons. The van der Waals surface area contributed by atoms with E-state index in [1.54, 1.807) is 18.2 Å². The topological polar surface area (TPSA) is 66.9 Å². The molecule has 0 atom stereocenters. The smallest absolute Gasteiger partial charge is 0.422 e. The van der Waals surface area contributed by atoms with Crippen LogP contribution in [0.3, 0.4) is 0 Å². The molecule has 1 aliphatic heterocycles. The average molecular weight is 511 g/mol. The number of hydrogen-bond acceptors (Lipinski definition) is 5. The number of alkyl halides is 3. The zero-order valence-electron chi connectivity index (χ0n) is 16.8. The molecule has 0 aromatic heterocycles. The van der Waals surface area contributed by atoms with E-state index in [9.17, 15) is 26.4 Å². The highest BCUT2D eigenvalue weighted by molar-refractivity contribution is 7.90. The summed E-state index contributed by atoms with van der Waals surface area (Å²) in [5, 5.41) is 0.813. The van der Waals surface area contributed by atoms with Gasteiger partial charge in [-0.2, -0.15) is 13.2 Å². The SMILES string of the molecule is CS(=O)(=O)c1ccc(OCC(F)(F)F)c(C(=O)N2CCN(c3ccc(Cl)c(Cl)c3)CC2)c1. The molecule has 0 unspecified atom stereocenters. The van der Waals surface area contributed by atoms with E-state index >= 15 is 0 Å². The molecule has 2 aromatic carbocycles. The molecule has 0 saturated carbocycles. The highest BCUT2D eigenvalue weighted by Crippen LogP contribution is 2.29. The van der Waals surface area contributed by atoms with Crippen molar-refractivity contribution in [2.45, 2.75) is 11.1 Å². The van der Waals surface area contributed by atoms with Gasteiger partial charge in [0.1, 0.15) is 5.75 Å². The molecule has 6 nitrogen and oxygen atoms in total. The maximum absolute atomic E-state index is 13.1. The van der Waals surface area contributed by atoms with Crippen molar-refractivity contribution in [3.63, 3.8) is 0 Å². The van der Waals surface area contributed by atoms with Crippen LogP contribution in [0.25, 0.3) is 0 Å². The Morgan fingerprint density at radius 3 is 2.25 bits per heavy atom. The summed E-state index contributed by atoms with van der Waals surface area (Å²) in [6.45, 7) is -0.194. The third kappa shape index (κ3) is 5.99. The maximum Gasteiger partial charge on any atom is 0.422 e. The second-order valence-corrected chi connectivity index (χ2v) is 10.0. The summed E-state index contributed by atoms with van der Waals surface area (Å²) in [7, 11) is -3.68. The zero-order valence-corrected chi connectivity index (χ0v) is 19.2. The number of benzene rings is 2. The fourth-order valence-electron chi connectivity index (χ4n) is 3.21. The van der Waals surface area contributed by atoms with Gasteiger partial charge in [0.2, 0.25) is 0 Å². The highest BCUT2D eigenvalue weighted by Gasteiger charge is 2.31. The summed E-state index contributed by atoms with van der Waals surface area (Å²) in [6, 6.07) is 8.40. The number of ether oxygens (including phenoxy) is 1. The molecule has 1 saturated heterocycles. The van der Waals surface area contributed by atoms with Crippen LogP contribution in [0.1, 0.15) is 10.4 Å². The molecule has 0 spiro atoms. The number of halogens is 5. The molecule has 1 heterocycles. The van der Waals surface area contributed by atoms with Crippen molar-refractivity contribution in [3.8, 4) is 5.75 Å². The van der Waals surface area contributed by atoms with Crippen LogP contribution in [0.4, 0.5) is 18.9 Å². The Balaban J connectivity index is 1.80. The summed E-state index contributed by atoms with van der Waals surface area (Å²) in [5.41, 5.74) is 0.583. The van der Waals surface area contributed by atoms with Crippen LogP contribution in [0, 0.1) is 0 Å². The van der Waals surface area contributed by atoms with E-state index in [4.69, 9.17) is 27.9 Å². The van der Waals surface area contributed by atoms with Gasteiger partial charge in [0.15, 0.2) is 16.4 Å². The highest BCUT2D eigenvalue weighted by atomic mass is 35.5. The van der Waals surface area contributed by atoms with Crippen LogP contribution < -0.4 is 9.64 Å². The summed E-state index contributed by atoms with van der Waals surface area (Å²) < 4.78 is 66.4. The van der Waals surface area contributed by atoms with Gasteiger partial charge in [0.05, 0.1) is 20.5 Å². The standard InChI is InChI=1S/C20H19Cl2F3N2O4S/c1-32(29,30)14-3-5-18(31-12-20(23,24)25)15(11-14)19(28)27-8-6-26(7-9-27)13-2-4-16(21)17(22)10-13/h2-5,10-11H,6-9,12H2,1H3. The summed E-state index contributed by atoms with van der Waals surface area (Å²) in [6.07, 6.45) is -3.66. The molecule has 1 fully saturated rings. The number of carbonyl (C=O) groups is 1. The first kappa shape index (κ1) is 24.5. The lowest BCUT2D eigenvalue weighted by Gasteiger charge is -2.36. The Bertz CT molecular complexity index is 1120. The molecular weight excluding hydrogens is 492 g/mol. The molecule has 1 amide bonds. The number of piperazine rings is 1. The second-order valence-electron chi connectivity index (χ2n) is 7.21. The first-order valence-electron chi connectivity index (χ1n) is 9.38. The molecule has 32 heavy (non-hydrogen) atoms. The van der Waals surface area contributed by atoms with E-state index in [0.717, 1.165) is 30.1 Å².